The number of carbonyl (C=O) groups is 2. The number of benzene rings is 2. The summed E-state index contributed by atoms with van der Waals surface area (Å²) in [6.07, 6.45) is 0.786. The van der Waals surface area contributed by atoms with Crippen molar-refractivity contribution in [1.82, 2.24) is 9.55 Å². The molecule has 2 aromatic carbocycles. The zero-order chi connectivity index (χ0) is 22.0. The molecule has 1 N–H and O–H groups in total. The minimum absolute atomic E-state index is 0.181. The van der Waals surface area contributed by atoms with Gasteiger partial charge in [0.25, 0.3) is 5.91 Å². The summed E-state index contributed by atoms with van der Waals surface area (Å²) in [6, 6.07) is 16.1. The van der Waals surface area contributed by atoms with E-state index in [-0.39, 0.29) is 11.6 Å². The fourth-order valence-electron chi connectivity index (χ4n) is 3.61. The van der Waals surface area contributed by atoms with Gasteiger partial charge in [-0.05, 0) is 32.4 Å². The molecule has 1 amide bonds. The number of ether oxygens (including phenoxy) is 1. The van der Waals surface area contributed by atoms with Crippen LogP contribution in [0.1, 0.15) is 46.3 Å². The zero-order valence-electron chi connectivity index (χ0n) is 17.4. The van der Waals surface area contributed by atoms with Crippen molar-refractivity contribution < 1.29 is 14.3 Å². The van der Waals surface area contributed by atoms with E-state index in [9.17, 15) is 14.9 Å². The van der Waals surface area contributed by atoms with Crippen LogP contribution in [0.25, 0.3) is 0 Å². The Kier molecular flexibility index (Phi) is 5.54. The first-order chi connectivity index (χ1) is 15.0. The van der Waals surface area contributed by atoms with Crippen LogP contribution in [0.15, 0.2) is 48.5 Å². The number of aromatic nitrogens is 2. The number of nitrogens with zero attached hydrogens (tertiary/aromatic N) is 3. The molecule has 0 aliphatic carbocycles. The van der Waals surface area contributed by atoms with E-state index in [1.165, 1.54) is 0 Å². The first-order valence-corrected chi connectivity index (χ1v) is 10.2. The summed E-state index contributed by atoms with van der Waals surface area (Å²) in [6.45, 7) is 4.24. The summed E-state index contributed by atoms with van der Waals surface area (Å²) < 4.78 is 7.58. The number of fused-ring (bicyclic) bond motifs is 1. The van der Waals surface area contributed by atoms with Crippen molar-refractivity contribution in [3.05, 3.63) is 76.7 Å². The highest BCUT2D eigenvalue weighted by Gasteiger charge is 2.29. The van der Waals surface area contributed by atoms with E-state index in [1.807, 2.05) is 29.7 Å². The maximum absolute atomic E-state index is 13.2. The molecule has 1 aliphatic rings. The predicted molar refractivity (Wildman–Crippen MR) is 115 cm³/mol. The number of ketones is 1. The summed E-state index contributed by atoms with van der Waals surface area (Å²) in [5, 5.41) is 12.0. The summed E-state index contributed by atoms with van der Waals surface area (Å²) >= 11 is 0. The van der Waals surface area contributed by atoms with Crippen molar-refractivity contribution in [3.8, 4) is 11.8 Å². The van der Waals surface area contributed by atoms with Crippen LogP contribution in [0.2, 0.25) is 0 Å². The van der Waals surface area contributed by atoms with E-state index in [2.05, 4.69) is 10.3 Å². The minimum Gasteiger partial charge on any atom is -0.480 e. The molecule has 1 unspecified atom stereocenters. The number of hydrogen-bond donors (Lipinski definition) is 1. The molecule has 156 valence electrons. The van der Waals surface area contributed by atoms with E-state index in [4.69, 9.17) is 4.74 Å². The van der Waals surface area contributed by atoms with E-state index >= 15 is 0 Å². The standard InChI is InChI=1S/C24H22N4O3/c1-15-9-11-17(12-10-15)22(29)21-23(26-20-8-5-13-28(20)21)27-24(30)16(2)31-19-7-4-3-6-18(19)14-25/h3-4,6-7,9-12,16H,5,8,13H2,1-2H3,(H,27,30). The number of carbonyl (C=O) groups excluding carboxylic acids is 2. The Labute approximate surface area is 180 Å². The van der Waals surface area contributed by atoms with Gasteiger partial charge in [0.05, 0.1) is 5.56 Å². The van der Waals surface area contributed by atoms with Crippen LogP contribution in [0.4, 0.5) is 5.82 Å². The molecule has 1 aliphatic heterocycles. The number of nitriles is 1. The molecular formula is C24H22N4O3. The third-order valence-corrected chi connectivity index (χ3v) is 5.28. The van der Waals surface area contributed by atoms with Gasteiger partial charge in [0.2, 0.25) is 5.78 Å². The lowest BCUT2D eigenvalue weighted by molar-refractivity contribution is -0.122. The number of rotatable bonds is 6. The molecule has 4 rings (SSSR count). The molecule has 3 aromatic rings. The number of imidazole rings is 1. The van der Waals surface area contributed by atoms with Crippen molar-refractivity contribution in [2.24, 2.45) is 0 Å². The van der Waals surface area contributed by atoms with Crippen molar-refractivity contribution in [2.75, 3.05) is 5.32 Å². The molecule has 0 saturated carbocycles. The number of nitrogens with one attached hydrogen (secondary N) is 1. The first kappa shape index (κ1) is 20.4. The van der Waals surface area contributed by atoms with E-state index in [0.29, 0.717) is 29.1 Å². The van der Waals surface area contributed by atoms with Crippen molar-refractivity contribution in [2.45, 2.75) is 39.3 Å². The normalized spacial score (nSPS) is 13.2. The van der Waals surface area contributed by atoms with Crippen LogP contribution in [0, 0.1) is 18.3 Å². The monoisotopic (exact) mass is 414 g/mol. The van der Waals surface area contributed by atoms with E-state index in [1.54, 1.807) is 43.3 Å². The third kappa shape index (κ3) is 4.05. The molecule has 0 saturated heterocycles. The molecule has 0 fully saturated rings. The van der Waals surface area contributed by atoms with E-state index in [0.717, 1.165) is 24.2 Å². The zero-order valence-corrected chi connectivity index (χ0v) is 17.4. The lowest BCUT2D eigenvalue weighted by Gasteiger charge is -2.15. The molecule has 0 bridgehead atoms. The molecule has 31 heavy (non-hydrogen) atoms. The second kappa shape index (κ2) is 8.44. The fourth-order valence-corrected chi connectivity index (χ4v) is 3.61. The van der Waals surface area contributed by atoms with E-state index < -0.39 is 12.0 Å². The van der Waals surface area contributed by atoms with Gasteiger partial charge in [-0.1, -0.05) is 42.0 Å². The summed E-state index contributed by atoms with van der Waals surface area (Å²) in [7, 11) is 0. The van der Waals surface area contributed by atoms with Gasteiger partial charge in [-0.25, -0.2) is 4.98 Å². The van der Waals surface area contributed by atoms with Gasteiger partial charge < -0.3 is 14.6 Å². The van der Waals surface area contributed by atoms with Crippen LogP contribution in [-0.2, 0) is 17.8 Å². The Bertz CT molecular complexity index is 1190. The summed E-state index contributed by atoms with van der Waals surface area (Å²) in [5.41, 5.74) is 2.34. The Hall–Kier alpha value is -3.92. The smallest absolute Gasteiger partial charge is 0.266 e. The second-order valence-corrected chi connectivity index (χ2v) is 7.53. The SMILES string of the molecule is Cc1ccc(C(=O)c2c(NC(=O)C(C)Oc3ccccc3C#N)nc3n2CCC3)cc1. The number of amides is 1. The average Bonchev–Trinajstić information content (AvgIpc) is 3.35. The number of hydrogen-bond acceptors (Lipinski definition) is 5. The van der Waals surface area contributed by atoms with Crippen LogP contribution in [0.5, 0.6) is 5.75 Å². The molecule has 7 nitrogen and oxygen atoms in total. The number of aryl methyl sites for hydroxylation is 2. The van der Waals surface area contributed by atoms with Gasteiger partial charge >= 0.3 is 0 Å². The van der Waals surface area contributed by atoms with Crippen molar-refractivity contribution in [3.63, 3.8) is 0 Å². The molecule has 1 aromatic heterocycles. The van der Waals surface area contributed by atoms with Gasteiger partial charge in [0, 0.05) is 18.5 Å². The highest BCUT2D eigenvalue weighted by Crippen LogP contribution is 2.27. The quantitative estimate of drug-likeness (QED) is 0.621. The van der Waals surface area contributed by atoms with Crippen molar-refractivity contribution in [1.29, 1.82) is 5.26 Å². The second-order valence-electron chi connectivity index (χ2n) is 7.53. The minimum atomic E-state index is -0.881. The maximum Gasteiger partial charge on any atom is 0.266 e. The lowest BCUT2D eigenvalue weighted by Crippen LogP contribution is -2.31. The molecule has 0 radical (unpaired) electrons. The molecule has 1 atom stereocenters. The van der Waals surface area contributed by atoms with Crippen LogP contribution in [-0.4, -0.2) is 27.3 Å². The molecule has 2 heterocycles. The van der Waals surface area contributed by atoms with Crippen LogP contribution in [0.3, 0.4) is 0 Å². The Balaban J connectivity index is 1.58. The third-order valence-electron chi connectivity index (χ3n) is 5.28. The average molecular weight is 414 g/mol. The van der Waals surface area contributed by atoms with Gasteiger partial charge in [-0.15, -0.1) is 0 Å². The fraction of sp³-hybridized carbons (Fsp3) is 0.250. The van der Waals surface area contributed by atoms with Gasteiger partial charge in [-0.2, -0.15) is 5.26 Å². The Morgan fingerprint density at radius 1 is 1.19 bits per heavy atom. The Morgan fingerprint density at radius 3 is 2.68 bits per heavy atom. The van der Waals surface area contributed by atoms with Crippen molar-refractivity contribution >= 4 is 17.5 Å². The maximum atomic E-state index is 13.2. The molecule has 0 spiro atoms. The topological polar surface area (TPSA) is 97.0 Å². The summed E-state index contributed by atoms with van der Waals surface area (Å²) in [5.74, 6) is 0.737. The highest BCUT2D eigenvalue weighted by atomic mass is 16.5. The highest BCUT2D eigenvalue weighted by molar-refractivity contribution is 6.12. The molecular weight excluding hydrogens is 392 g/mol. The number of para-hydroxylation sites is 1. The van der Waals surface area contributed by atoms with Gasteiger partial charge in [0.15, 0.2) is 11.9 Å². The number of anilines is 1. The molecule has 7 heteroatoms. The first-order valence-electron chi connectivity index (χ1n) is 10.2. The summed E-state index contributed by atoms with van der Waals surface area (Å²) in [4.78, 5) is 30.6. The van der Waals surface area contributed by atoms with Gasteiger partial charge in [0.1, 0.15) is 23.3 Å². The predicted octanol–water partition coefficient (Wildman–Crippen LogP) is 3.65. The van der Waals surface area contributed by atoms with Crippen LogP contribution < -0.4 is 10.1 Å². The van der Waals surface area contributed by atoms with Gasteiger partial charge in [-0.3, -0.25) is 9.59 Å². The van der Waals surface area contributed by atoms with Crippen LogP contribution >= 0.6 is 0 Å². The Morgan fingerprint density at radius 2 is 1.94 bits per heavy atom. The lowest BCUT2D eigenvalue weighted by atomic mass is 10.1. The largest absolute Gasteiger partial charge is 0.480 e.